The third-order valence-electron chi connectivity index (χ3n) is 6.63. The lowest BCUT2D eigenvalue weighted by molar-refractivity contribution is -0.144. The van der Waals surface area contributed by atoms with Crippen LogP contribution in [0.5, 0.6) is 0 Å². The van der Waals surface area contributed by atoms with Gasteiger partial charge in [-0.25, -0.2) is 4.79 Å². The molecule has 9 heteroatoms. The molecular weight excluding hydrogens is 484 g/mol. The van der Waals surface area contributed by atoms with Crippen molar-refractivity contribution < 1.29 is 24.3 Å². The van der Waals surface area contributed by atoms with Crippen LogP contribution in [0.2, 0.25) is 0 Å². The number of likely N-dealkylation sites (tertiary alicyclic amines) is 1. The summed E-state index contributed by atoms with van der Waals surface area (Å²) < 4.78 is 0. The maximum atomic E-state index is 13.4. The summed E-state index contributed by atoms with van der Waals surface area (Å²) in [7, 11) is 0. The Bertz CT molecular complexity index is 1130. The molecule has 2 aromatic rings. The number of anilines is 2. The van der Waals surface area contributed by atoms with Crippen LogP contribution in [-0.2, 0) is 20.8 Å². The van der Waals surface area contributed by atoms with E-state index in [-0.39, 0.29) is 42.6 Å². The van der Waals surface area contributed by atoms with Crippen molar-refractivity contribution in [2.24, 2.45) is 5.92 Å². The van der Waals surface area contributed by atoms with E-state index >= 15 is 0 Å². The number of carboxylic acid groups (broad SMARTS) is 1. The number of hydrogen-bond acceptors (Lipinski definition) is 4. The minimum absolute atomic E-state index is 0.0795. The molecule has 1 unspecified atom stereocenters. The Morgan fingerprint density at radius 2 is 1.71 bits per heavy atom. The van der Waals surface area contributed by atoms with E-state index in [4.69, 9.17) is 0 Å². The van der Waals surface area contributed by atoms with Gasteiger partial charge in [-0.15, -0.1) is 0 Å². The van der Waals surface area contributed by atoms with E-state index in [2.05, 4.69) is 16.0 Å². The van der Waals surface area contributed by atoms with Crippen molar-refractivity contribution in [3.63, 3.8) is 0 Å². The molecule has 2 aromatic carbocycles. The molecule has 0 aromatic heterocycles. The highest BCUT2D eigenvalue weighted by atomic mass is 16.4. The summed E-state index contributed by atoms with van der Waals surface area (Å²) in [6.45, 7) is 6.39. The molecule has 9 nitrogen and oxygen atoms in total. The first kappa shape index (κ1) is 28.7. The second-order valence-electron chi connectivity index (χ2n) is 10.3. The van der Waals surface area contributed by atoms with Crippen molar-refractivity contribution >= 4 is 35.2 Å². The van der Waals surface area contributed by atoms with E-state index in [0.29, 0.717) is 25.1 Å². The highest BCUT2D eigenvalue weighted by Gasteiger charge is 2.33. The number of para-hydroxylation sites is 1. The zero-order chi connectivity index (χ0) is 27.7. The number of benzene rings is 2. The van der Waals surface area contributed by atoms with Crippen molar-refractivity contribution in [2.75, 3.05) is 17.2 Å². The zero-order valence-corrected chi connectivity index (χ0v) is 22.3. The Morgan fingerprint density at radius 1 is 1.00 bits per heavy atom. The zero-order valence-electron chi connectivity index (χ0n) is 22.3. The summed E-state index contributed by atoms with van der Waals surface area (Å²) in [6.07, 6.45) is 2.84. The SMILES string of the molecule is Cc1ccccc1NC(=O)Nc1ccc(CC(=O)N[C@@H](CC(C)C)C(=O)N2CCCCC2CC(=O)O)cc1. The van der Waals surface area contributed by atoms with E-state index in [1.165, 1.54) is 0 Å². The minimum atomic E-state index is -0.926. The van der Waals surface area contributed by atoms with Crippen LogP contribution in [-0.4, -0.2) is 52.4 Å². The third kappa shape index (κ3) is 8.61. The minimum Gasteiger partial charge on any atom is -0.481 e. The molecule has 0 bridgehead atoms. The van der Waals surface area contributed by atoms with Gasteiger partial charge in [0.15, 0.2) is 0 Å². The van der Waals surface area contributed by atoms with Crippen LogP contribution in [0.15, 0.2) is 48.5 Å². The molecule has 38 heavy (non-hydrogen) atoms. The van der Waals surface area contributed by atoms with Gasteiger partial charge < -0.3 is 26.0 Å². The normalized spacial score (nSPS) is 16.0. The van der Waals surface area contributed by atoms with Crippen LogP contribution in [0.25, 0.3) is 0 Å². The van der Waals surface area contributed by atoms with Crippen LogP contribution in [0.3, 0.4) is 0 Å². The number of rotatable bonds is 10. The number of hydrogen-bond donors (Lipinski definition) is 4. The lowest BCUT2D eigenvalue weighted by Gasteiger charge is -2.37. The van der Waals surface area contributed by atoms with Gasteiger partial charge in [-0.1, -0.05) is 44.2 Å². The molecule has 1 saturated heterocycles. The molecule has 0 spiro atoms. The number of aliphatic carboxylic acids is 1. The molecule has 3 rings (SSSR count). The Morgan fingerprint density at radius 3 is 2.37 bits per heavy atom. The van der Waals surface area contributed by atoms with Crippen LogP contribution >= 0.6 is 0 Å². The Kier molecular flexibility index (Phi) is 10.3. The lowest BCUT2D eigenvalue weighted by Crippen LogP contribution is -2.54. The fourth-order valence-electron chi connectivity index (χ4n) is 4.73. The van der Waals surface area contributed by atoms with Gasteiger partial charge in [0.25, 0.3) is 0 Å². The standard InChI is InChI=1S/C29H38N4O5/c1-19(2)16-25(28(37)33-15-7-6-9-23(33)18-27(35)36)31-26(34)17-21-11-13-22(14-12-21)30-29(38)32-24-10-5-4-8-20(24)3/h4-5,8,10-14,19,23,25H,6-7,9,15-18H2,1-3H3,(H,31,34)(H,35,36)(H2,30,32,38)/t23?,25-/m0/s1. The molecule has 1 heterocycles. The molecule has 0 aliphatic carbocycles. The summed E-state index contributed by atoms with van der Waals surface area (Å²) in [5.74, 6) is -1.25. The number of carboxylic acids is 1. The molecule has 1 aliphatic heterocycles. The van der Waals surface area contributed by atoms with Gasteiger partial charge in [0.05, 0.1) is 12.8 Å². The van der Waals surface area contributed by atoms with Crippen molar-refractivity contribution in [1.82, 2.24) is 10.2 Å². The highest BCUT2D eigenvalue weighted by Crippen LogP contribution is 2.22. The van der Waals surface area contributed by atoms with Gasteiger partial charge in [-0.2, -0.15) is 0 Å². The molecule has 4 N–H and O–H groups in total. The van der Waals surface area contributed by atoms with Gasteiger partial charge in [0.1, 0.15) is 6.04 Å². The van der Waals surface area contributed by atoms with E-state index in [9.17, 15) is 24.3 Å². The van der Waals surface area contributed by atoms with Crippen molar-refractivity contribution in [3.05, 3.63) is 59.7 Å². The molecule has 204 valence electrons. The average molecular weight is 523 g/mol. The van der Waals surface area contributed by atoms with Gasteiger partial charge in [-0.05, 0) is 67.9 Å². The number of carbonyl (C=O) groups is 4. The topological polar surface area (TPSA) is 128 Å². The van der Waals surface area contributed by atoms with E-state index in [1.807, 2.05) is 45.0 Å². The van der Waals surface area contributed by atoms with E-state index in [0.717, 1.165) is 29.7 Å². The smallest absolute Gasteiger partial charge is 0.323 e. The predicted molar refractivity (Wildman–Crippen MR) is 147 cm³/mol. The molecule has 4 amide bonds. The maximum absolute atomic E-state index is 13.4. The van der Waals surface area contributed by atoms with Gasteiger partial charge in [0.2, 0.25) is 11.8 Å². The number of carbonyl (C=O) groups excluding carboxylic acids is 3. The highest BCUT2D eigenvalue weighted by molar-refractivity contribution is 6.00. The number of piperidine rings is 1. The van der Waals surface area contributed by atoms with Crippen LogP contribution in [0.1, 0.15) is 57.1 Å². The molecule has 1 fully saturated rings. The molecule has 2 atom stereocenters. The quantitative estimate of drug-likeness (QED) is 0.364. The largest absolute Gasteiger partial charge is 0.481 e. The second kappa shape index (κ2) is 13.6. The van der Waals surface area contributed by atoms with Crippen molar-refractivity contribution in [1.29, 1.82) is 0 Å². The number of nitrogens with zero attached hydrogens (tertiary/aromatic N) is 1. The maximum Gasteiger partial charge on any atom is 0.323 e. The first-order valence-electron chi connectivity index (χ1n) is 13.2. The average Bonchev–Trinajstić information content (AvgIpc) is 2.85. The number of aryl methyl sites for hydroxylation is 1. The van der Waals surface area contributed by atoms with Crippen LogP contribution in [0, 0.1) is 12.8 Å². The summed E-state index contributed by atoms with van der Waals surface area (Å²) >= 11 is 0. The number of urea groups is 1. The van der Waals surface area contributed by atoms with E-state index in [1.54, 1.807) is 29.2 Å². The van der Waals surface area contributed by atoms with Crippen molar-refractivity contribution in [2.45, 2.75) is 71.4 Å². The molecule has 0 saturated carbocycles. The van der Waals surface area contributed by atoms with Crippen LogP contribution in [0.4, 0.5) is 16.2 Å². The summed E-state index contributed by atoms with van der Waals surface area (Å²) in [4.78, 5) is 51.6. The number of nitrogens with one attached hydrogen (secondary N) is 3. The van der Waals surface area contributed by atoms with Gasteiger partial charge >= 0.3 is 12.0 Å². The molecule has 1 aliphatic rings. The number of amides is 4. The summed E-state index contributed by atoms with van der Waals surface area (Å²) in [5.41, 5.74) is 3.01. The summed E-state index contributed by atoms with van der Waals surface area (Å²) in [6, 6.07) is 13.0. The van der Waals surface area contributed by atoms with Gasteiger partial charge in [0, 0.05) is 24.0 Å². The monoisotopic (exact) mass is 522 g/mol. The van der Waals surface area contributed by atoms with Crippen LogP contribution < -0.4 is 16.0 Å². The van der Waals surface area contributed by atoms with E-state index < -0.39 is 12.0 Å². The molecule has 0 radical (unpaired) electrons. The molecular formula is C29H38N4O5. The first-order valence-corrected chi connectivity index (χ1v) is 13.2. The summed E-state index contributed by atoms with van der Waals surface area (Å²) in [5, 5.41) is 17.7. The Hall–Kier alpha value is -3.88. The fraction of sp³-hybridized carbons (Fsp3) is 0.448. The third-order valence-corrected chi connectivity index (χ3v) is 6.63. The lowest BCUT2D eigenvalue weighted by atomic mass is 9.96. The Labute approximate surface area is 224 Å². The van der Waals surface area contributed by atoms with Gasteiger partial charge in [-0.3, -0.25) is 14.4 Å². The predicted octanol–water partition coefficient (Wildman–Crippen LogP) is 4.57. The first-order chi connectivity index (χ1) is 18.1. The fourth-order valence-corrected chi connectivity index (χ4v) is 4.73. The van der Waals surface area contributed by atoms with Crippen molar-refractivity contribution in [3.8, 4) is 0 Å². The Balaban J connectivity index is 1.58. The second-order valence-corrected chi connectivity index (χ2v) is 10.3.